The third-order valence-electron chi connectivity index (χ3n) is 16.1. The molecule has 6 fully saturated rings. The predicted octanol–water partition coefficient (Wildman–Crippen LogP) is -0.981. The Bertz CT molecular complexity index is 1560. The number of nitrogens with one attached hydrogen (secondary N) is 1. The summed E-state index contributed by atoms with van der Waals surface area (Å²) >= 11 is 0. The summed E-state index contributed by atoms with van der Waals surface area (Å²) in [5.74, 6) is 4.29. The minimum absolute atomic E-state index is 0.0266. The van der Waals surface area contributed by atoms with E-state index in [1.807, 2.05) is 19.2 Å². The molecule has 0 radical (unpaired) electrons. The number of carbonyl (C=O) groups excluding carboxylic acids is 2. The van der Waals surface area contributed by atoms with Gasteiger partial charge in [-0.1, -0.05) is 18.4 Å². The molecule has 0 aromatic heterocycles. The molecule has 5 aliphatic heterocycles. The van der Waals surface area contributed by atoms with Crippen molar-refractivity contribution >= 4 is 11.8 Å². The average Bonchev–Trinajstić information content (AvgIpc) is 3.22. The highest BCUT2D eigenvalue weighted by molar-refractivity contribution is 5.88. The maximum atomic E-state index is 14.4. The zero-order chi connectivity index (χ0) is 42.1. The molecule has 0 spiro atoms. The Labute approximate surface area is 350 Å². The van der Waals surface area contributed by atoms with Crippen molar-refractivity contribution < 1.29 is 54.9 Å². The third-order valence-corrected chi connectivity index (χ3v) is 16.1. The fourth-order valence-electron chi connectivity index (χ4n) is 13.0. The number of allylic oxidation sites excluding steroid dienone is 1. The molecule has 5 heterocycles. The lowest BCUT2D eigenvalue weighted by molar-refractivity contribution is -0.703. The van der Waals surface area contributed by atoms with E-state index in [0.29, 0.717) is 50.3 Å². The summed E-state index contributed by atoms with van der Waals surface area (Å²) in [5, 5.41) is 54.0. The number of nitrogens with two attached hydrogens (primary N) is 4. The molecule has 7 rings (SSSR count). The fourth-order valence-corrected chi connectivity index (χ4v) is 13.0. The number of rotatable bonds is 11. The van der Waals surface area contributed by atoms with Crippen molar-refractivity contribution in [3.63, 3.8) is 0 Å². The van der Waals surface area contributed by atoms with Crippen molar-refractivity contribution in [2.24, 2.45) is 64.2 Å². The second kappa shape index (κ2) is 19.2. The van der Waals surface area contributed by atoms with Crippen molar-refractivity contribution in [2.75, 3.05) is 39.4 Å². The van der Waals surface area contributed by atoms with Crippen molar-refractivity contribution in [1.29, 1.82) is 0 Å². The van der Waals surface area contributed by atoms with Crippen LogP contribution in [0.25, 0.3) is 0 Å². The van der Waals surface area contributed by atoms with E-state index in [9.17, 15) is 30.0 Å². The standard InChI is InChI=1S/C45H73N5O9/c1-4-26(22-48-5-2)43(56)58-34-20-32-40(55)37-33(54)19-31(23-51)57-42(37)38-39(27-13-15-49-36(47)17-27)45(24-52,29-8-6-10-30(53)18-29)14-7-9-28(44(34,3)59-41(32)38)16-25-11-12-35(46)50-21-25/h4,25,27-32,34-42,48-53,55H,5-6,8-13,15-24,46-47H2,1-3H3/p+2. The van der Waals surface area contributed by atoms with Crippen LogP contribution in [0.5, 0.6) is 0 Å². The largest absolute Gasteiger partial charge is 0.456 e. The molecular formula is C45H75N5O9+2. The van der Waals surface area contributed by atoms with Crippen molar-refractivity contribution in [3.05, 3.63) is 11.6 Å². The molecule has 2 bridgehead atoms. The second-order valence-electron chi connectivity index (χ2n) is 19.5. The summed E-state index contributed by atoms with van der Waals surface area (Å²) in [7, 11) is 0. The van der Waals surface area contributed by atoms with Gasteiger partial charge in [0.1, 0.15) is 30.2 Å². The van der Waals surface area contributed by atoms with Crippen LogP contribution in [0.4, 0.5) is 0 Å². The van der Waals surface area contributed by atoms with E-state index in [1.165, 1.54) is 0 Å². The predicted molar refractivity (Wildman–Crippen MR) is 218 cm³/mol. The summed E-state index contributed by atoms with van der Waals surface area (Å²) in [5.41, 5.74) is 11.5. The summed E-state index contributed by atoms with van der Waals surface area (Å²) in [6.07, 6.45) is 4.19. The van der Waals surface area contributed by atoms with Gasteiger partial charge in [-0.25, -0.2) is 4.79 Å². The summed E-state index contributed by atoms with van der Waals surface area (Å²) in [6.45, 7) is 8.13. The van der Waals surface area contributed by atoms with Crippen LogP contribution in [0.1, 0.15) is 97.8 Å². The molecular weight excluding hydrogens is 755 g/mol. The van der Waals surface area contributed by atoms with Crippen LogP contribution in [-0.4, -0.2) is 126 Å². The molecule has 2 aliphatic carbocycles. The molecule has 0 amide bonds. The van der Waals surface area contributed by atoms with E-state index in [4.69, 9.17) is 25.7 Å². The van der Waals surface area contributed by atoms with Crippen LogP contribution in [0.2, 0.25) is 0 Å². The van der Waals surface area contributed by atoms with E-state index >= 15 is 0 Å². The van der Waals surface area contributed by atoms with E-state index in [2.05, 4.69) is 29.4 Å². The van der Waals surface area contributed by atoms with Crippen molar-refractivity contribution in [1.82, 2.24) is 5.32 Å². The number of esters is 1. The summed E-state index contributed by atoms with van der Waals surface area (Å²) in [4.78, 5) is 28.5. The molecule has 0 aromatic rings. The smallest absolute Gasteiger partial charge is 0.339 e. The van der Waals surface area contributed by atoms with Gasteiger partial charge in [0.2, 0.25) is 0 Å². The van der Waals surface area contributed by atoms with Gasteiger partial charge in [0, 0.05) is 42.9 Å². The first kappa shape index (κ1) is 45.0. The van der Waals surface area contributed by atoms with Crippen LogP contribution in [0, 0.1) is 64.6 Å². The molecule has 4 saturated heterocycles. The zero-order valence-corrected chi connectivity index (χ0v) is 35.7. The molecule has 332 valence electrons. The number of hydrogen-bond acceptors (Lipinski definition) is 12. The molecule has 14 heteroatoms. The maximum absolute atomic E-state index is 14.4. The Morgan fingerprint density at radius 2 is 1.93 bits per heavy atom. The van der Waals surface area contributed by atoms with E-state index < -0.39 is 77.3 Å². The van der Waals surface area contributed by atoms with Crippen LogP contribution in [-0.2, 0) is 23.8 Å². The monoisotopic (exact) mass is 830 g/mol. The van der Waals surface area contributed by atoms with Gasteiger partial charge in [0.15, 0.2) is 0 Å². The highest BCUT2D eigenvalue weighted by atomic mass is 16.6. The van der Waals surface area contributed by atoms with Gasteiger partial charge in [-0.05, 0) is 96.4 Å². The minimum atomic E-state index is -1.16. The number of hydrogen-bond donors (Lipinski definition) is 9. The first-order valence-electron chi connectivity index (χ1n) is 23.1. The molecule has 13 N–H and O–H groups in total. The van der Waals surface area contributed by atoms with Crippen LogP contribution in [0.15, 0.2) is 11.6 Å². The van der Waals surface area contributed by atoms with Gasteiger partial charge in [-0.3, -0.25) is 10.5 Å². The summed E-state index contributed by atoms with van der Waals surface area (Å²) in [6, 6.07) is 0. The van der Waals surface area contributed by atoms with E-state index in [1.54, 1.807) is 6.08 Å². The molecule has 2 saturated carbocycles. The molecule has 59 heavy (non-hydrogen) atoms. The van der Waals surface area contributed by atoms with Crippen LogP contribution >= 0.6 is 0 Å². The number of quaternary nitrogens is 2. The van der Waals surface area contributed by atoms with Gasteiger partial charge < -0.3 is 56.3 Å². The maximum Gasteiger partial charge on any atom is 0.339 e. The number of piperidine rings is 2. The second-order valence-corrected chi connectivity index (χ2v) is 19.5. The Balaban J connectivity index is 1.43. The highest BCUT2D eigenvalue weighted by Crippen LogP contribution is 2.60. The Morgan fingerprint density at radius 1 is 1.12 bits per heavy atom. The lowest BCUT2D eigenvalue weighted by Crippen LogP contribution is -2.95. The fraction of sp³-hybridized carbons (Fsp3) is 0.867. The summed E-state index contributed by atoms with van der Waals surface area (Å²) < 4.78 is 21.2. The number of aliphatic hydroxyl groups excluding tert-OH is 4. The number of ether oxygens (including phenoxy) is 3. The molecule has 14 nitrogen and oxygen atoms in total. The Kier molecular flexibility index (Phi) is 14.6. The number of likely N-dealkylation sites (N-methyl/N-ethyl adjacent to an activating group) is 1. The minimum Gasteiger partial charge on any atom is -0.456 e. The van der Waals surface area contributed by atoms with Crippen LogP contribution < -0.4 is 27.4 Å². The molecule has 18 atom stereocenters. The van der Waals surface area contributed by atoms with Gasteiger partial charge in [-0.15, -0.1) is 5.92 Å². The number of ketones is 1. The number of aliphatic hydroxyl groups is 4. The number of Topliss-reactive ketones (excluding diaryl/α,β-unsaturated/α-hetero) is 1. The number of carbonyl (C=O) groups is 2. The van der Waals surface area contributed by atoms with Crippen molar-refractivity contribution in [2.45, 2.75) is 152 Å². The molecule has 0 aromatic carbocycles. The lowest BCUT2D eigenvalue weighted by Gasteiger charge is -2.63. The SMILES string of the molecule is CC=C(C[NH2+]CC)C(=O)OC1CC2C(O)C3C(=O)CC(CO)OC3C3C2OC1(C)C(CC1CCC(N)[NH2+]C1)CC#CC(CO)(C1CCCC(O)C1)C3C1CCNC(N)C1. The Morgan fingerprint density at radius 3 is 2.61 bits per heavy atom. The first-order valence-corrected chi connectivity index (χ1v) is 23.1. The first-order chi connectivity index (χ1) is 28.4. The topological polar surface area (TPSA) is 240 Å². The normalized spacial score (nSPS) is 46.7. The lowest BCUT2D eigenvalue weighted by atomic mass is 9.48. The van der Waals surface area contributed by atoms with Crippen LogP contribution in [0.3, 0.4) is 0 Å². The number of fused-ring (bicyclic) bond motifs is 3. The average molecular weight is 830 g/mol. The third kappa shape index (κ3) is 8.96. The van der Waals surface area contributed by atoms with E-state index in [-0.39, 0.29) is 61.9 Å². The Hall–Kier alpha value is -2.00. The van der Waals surface area contributed by atoms with Gasteiger partial charge in [0.25, 0.3) is 0 Å². The zero-order valence-electron chi connectivity index (χ0n) is 35.7. The molecule has 7 aliphatic rings. The molecule has 18 unspecified atom stereocenters. The van der Waals surface area contributed by atoms with Gasteiger partial charge in [-0.2, -0.15) is 0 Å². The highest BCUT2D eigenvalue weighted by Gasteiger charge is 2.67. The van der Waals surface area contributed by atoms with Crippen molar-refractivity contribution in [3.8, 4) is 11.8 Å². The van der Waals surface area contributed by atoms with E-state index in [0.717, 1.165) is 51.6 Å². The quantitative estimate of drug-likeness (QED) is 0.0694. The van der Waals surface area contributed by atoms with Gasteiger partial charge in [0.05, 0.1) is 79.9 Å². The van der Waals surface area contributed by atoms with Gasteiger partial charge >= 0.3 is 5.97 Å².